The Labute approximate surface area is 101 Å². The fraction of sp³-hybridized carbons (Fsp3) is 0.667. The zero-order valence-electron chi connectivity index (χ0n) is 9.78. The second-order valence-corrected chi connectivity index (χ2v) is 5.44. The standard InChI is InChI=1S/C12H19N3S/c1-2-5-13-7-10-8-14-12(15-9-10)11-4-3-6-16-11/h8-9,11,13H,2-7H2,1H3. The van der Waals surface area contributed by atoms with E-state index >= 15 is 0 Å². The molecule has 88 valence electrons. The second-order valence-electron chi connectivity index (χ2n) is 4.13. The van der Waals surface area contributed by atoms with E-state index in [0.717, 1.165) is 25.3 Å². The van der Waals surface area contributed by atoms with E-state index in [0.29, 0.717) is 5.25 Å². The Kier molecular flexibility index (Phi) is 4.60. The van der Waals surface area contributed by atoms with Gasteiger partial charge in [0.2, 0.25) is 0 Å². The number of aromatic nitrogens is 2. The van der Waals surface area contributed by atoms with Crippen molar-refractivity contribution in [3.05, 3.63) is 23.8 Å². The Morgan fingerprint density at radius 3 is 2.88 bits per heavy atom. The zero-order chi connectivity index (χ0) is 11.2. The Morgan fingerprint density at radius 2 is 2.25 bits per heavy atom. The van der Waals surface area contributed by atoms with Gasteiger partial charge in [-0.3, -0.25) is 0 Å². The third-order valence-corrected chi connectivity index (χ3v) is 4.07. The van der Waals surface area contributed by atoms with Crippen molar-refractivity contribution in [2.75, 3.05) is 12.3 Å². The maximum Gasteiger partial charge on any atom is 0.141 e. The van der Waals surface area contributed by atoms with Gasteiger partial charge in [0.05, 0.1) is 5.25 Å². The van der Waals surface area contributed by atoms with Crippen molar-refractivity contribution in [2.24, 2.45) is 0 Å². The third-order valence-electron chi connectivity index (χ3n) is 2.70. The smallest absolute Gasteiger partial charge is 0.141 e. The topological polar surface area (TPSA) is 37.8 Å². The predicted molar refractivity (Wildman–Crippen MR) is 68.5 cm³/mol. The number of hydrogen-bond acceptors (Lipinski definition) is 4. The molecule has 0 spiro atoms. The molecule has 1 N–H and O–H groups in total. The Balaban J connectivity index is 1.88. The highest BCUT2D eigenvalue weighted by Crippen LogP contribution is 2.37. The van der Waals surface area contributed by atoms with Gasteiger partial charge in [-0.25, -0.2) is 9.97 Å². The summed E-state index contributed by atoms with van der Waals surface area (Å²) in [6.07, 6.45) is 7.63. The van der Waals surface area contributed by atoms with Crippen molar-refractivity contribution in [1.29, 1.82) is 0 Å². The van der Waals surface area contributed by atoms with Crippen molar-refractivity contribution < 1.29 is 0 Å². The minimum atomic E-state index is 0.539. The fourth-order valence-electron chi connectivity index (χ4n) is 1.81. The van der Waals surface area contributed by atoms with Crippen LogP contribution in [0.15, 0.2) is 12.4 Å². The van der Waals surface area contributed by atoms with Crippen LogP contribution in [0.5, 0.6) is 0 Å². The summed E-state index contributed by atoms with van der Waals surface area (Å²) in [4.78, 5) is 8.93. The van der Waals surface area contributed by atoms with Gasteiger partial charge in [0.15, 0.2) is 0 Å². The lowest BCUT2D eigenvalue weighted by Crippen LogP contribution is -2.14. The van der Waals surface area contributed by atoms with Crippen LogP contribution in [-0.4, -0.2) is 22.3 Å². The molecule has 1 aromatic rings. The van der Waals surface area contributed by atoms with Gasteiger partial charge < -0.3 is 5.32 Å². The van der Waals surface area contributed by atoms with E-state index in [-0.39, 0.29) is 0 Å². The summed E-state index contributed by atoms with van der Waals surface area (Å²) in [6, 6.07) is 0. The minimum absolute atomic E-state index is 0.539. The van der Waals surface area contributed by atoms with Gasteiger partial charge in [0.1, 0.15) is 5.82 Å². The number of nitrogens with zero attached hydrogens (tertiary/aromatic N) is 2. The van der Waals surface area contributed by atoms with E-state index < -0.39 is 0 Å². The fourth-order valence-corrected chi connectivity index (χ4v) is 3.04. The van der Waals surface area contributed by atoms with E-state index in [4.69, 9.17) is 0 Å². The molecule has 0 saturated carbocycles. The molecule has 2 heterocycles. The highest BCUT2D eigenvalue weighted by Gasteiger charge is 2.19. The van der Waals surface area contributed by atoms with Crippen LogP contribution < -0.4 is 5.32 Å². The normalized spacial score (nSPS) is 20.2. The predicted octanol–water partition coefficient (Wildman–Crippen LogP) is 2.54. The molecule has 0 aliphatic carbocycles. The first-order chi connectivity index (χ1) is 7.90. The number of thioether (sulfide) groups is 1. The first-order valence-corrected chi connectivity index (χ1v) is 7.08. The first-order valence-electron chi connectivity index (χ1n) is 6.03. The van der Waals surface area contributed by atoms with E-state index in [1.165, 1.54) is 24.2 Å². The second kappa shape index (κ2) is 6.21. The van der Waals surface area contributed by atoms with Gasteiger partial charge in [0.25, 0.3) is 0 Å². The lowest BCUT2D eigenvalue weighted by molar-refractivity contribution is 0.668. The van der Waals surface area contributed by atoms with E-state index in [1.807, 2.05) is 24.2 Å². The van der Waals surface area contributed by atoms with Crippen LogP contribution in [0, 0.1) is 0 Å². The molecule has 1 saturated heterocycles. The third kappa shape index (κ3) is 3.19. The Morgan fingerprint density at radius 1 is 1.44 bits per heavy atom. The molecule has 4 heteroatoms. The summed E-state index contributed by atoms with van der Waals surface area (Å²) in [6.45, 7) is 4.11. The molecular formula is C12H19N3S. The Bertz CT molecular complexity index is 307. The van der Waals surface area contributed by atoms with Crippen LogP contribution in [-0.2, 0) is 6.54 Å². The van der Waals surface area contributed by atoms with Crippen LogP contribution in [0.2, 0.25) is 0 Å². The average molecular weight is 237 g/mol. The molecule has 0 amide bonds. The molecule has 16 heavy (non-hydrogen) atoms. The molecule has 0 radical (unpaired) electrons. The summed E-state index contributed by atoms with van der Waals surface area (Å²) in [5, 5.41) is 3.89. The molecule has 3 nitrogen and oxygen atoms in total. The van der Waals surface area contributed by atoms with Crippen LogP contribution in [0.3, 0.4) is 0 Å². The van der Waals surface area contributed by atoms with E-state index in [2.05, 4.69) is 22.2 Å². The molecule has 1 atom stereocenters. The van der Waals surface area contributed by atoms with E-state index in [1.54, 1.807) is 0 Å². The van der Waals surface area contributed by atoms with Gasteiger partial charge in [0, 0.05) is 24.5 Å². The first kappa shape index (κ1) is 11.9. The maximum absolute atomic E-state index is 4.47. The Hall–Kier alpha value is -0.610. The lowest BCUT2D eigenvalue weighted by Gasteiger charge is -2.07. The van der Waals surface area contributed by atoms with Gasteiger partial charge in [-0.15, -0.1) is 0 Å². The molecule has 1 fully saturated rings. The minimum Gasteiger partial charge on any atom is -0.313 e. The molecule has 0 bridgehead atoms. The molecule has 2 rings (SSSR count). The van der Waals surface area contributed by atoms with E-state index in [9.17, 15) is 0 Å². The molecule has 1 aliphatic heterocycles. The lowest BCUT2D eigenvalue weighted by atomic mass is 10.2. The summed E-state index contributed by atoms with van der Waals surface area (Å²) in [5.41, 5.74) is 1.18. The summed E-state index contributed by atoms with van der Waals surface area (Å²) in [7, 11) is 0. The van der Waals surface area contributed by atoms with Crippen molar-refractivity contribution in [2.45, 2.75) is 38.0 Å². The average Bonchev–Trinajstić information content (AvgIpc) is 2.84. The van der Waals surface area contributed by atoms with Crippen LogP contribution in [0.4, 0.5) is 0 Å². The van der Waals surface area contributed by atoms with Crippen molar-refractivity contribution >= 4 is 11.8 Å². The summed E-state index contributed by atoms with van der Waals surface area (Å²) in [5.74, 6) is 2.27. The maximum atomic E-state index is 4.47. The number of hydrogen-bond donors (Lipinski definition) is 1. The van der Waals surface area contributed by atoms with Crippen LogP contribution >= 0.6 is 11.8 Å². The molecule has 1 aromatic heterocycles. The molecule has 1 unspecified atom stereocenters. The quantitative estimate of drug-likeness (QED) is 0.799. The summed E-state index contributed by atoms with van der Waals surface area (Å²) >= 11 is 1.98. The monoisotopic (exact) mass is 237 g/mol. The van der Waals surface area contributed by atoms with Crippen molar-refractivity contribution in [3.63, 3.8) is 0 Å². The largest absolute Gasteiger partial charge is 0.313 e. The van der Waals surface area contributed by atoms with Gasteiger partial charge in [-0.2, -0.15) is 11.8 Å². The van der Waals surface area contributed by atoms with Gasteiger partial charge in [-0.1, -0.05) is 6.92 Å². The van der Waals surface area contributed by atoms with Crippen molar-refractivity contribution in [1.82, 2.24) is 15.3 Å². The molecular weight excluding hydrogens is 218 g/mol. The van der Waals surface area contributed by atoms with Gasteiger partial charge in [-0.05, 0) is 31.6 Å². The van der Waals surface area contributed by atoms with Crippen molar-refractivity contribution in [3.8, 4) is 0 Å². The zero-order valence-corrected chi connectivity index (χ0v) is 10.6. The molecule has 1 aliphatic rings. The summed E-state index contributed by atoms with van der Waals surface area (Å²) < 4.78 is 0. The highest BCUT2D eigenvalue weighted by atomic mass is 32.2. The van der Waals surface area contributed by atoms with Gasteiger partial charge >= 0.3 is 0 Å². The van der Waals surface area contributed by atoms with Crippen LogP contribution in [0.25, 0.3) is 0 Å². The van der Waals surface area contributed by atoms with Crippen LogP contribution in [0.1, 0.15) is 42.8 Å². The molecule has 0 aromatic carbocycles. The SMILES string of the molecule is CCCNCc1cnc(C2CCCS2)nc1. The highest BCUT2D eigenvalue weighted by molar-refractivity contribution is 7.99. The number of nitrogens with one attached hydrogen (secondary N) is 1. The number of rotatable bonds is 5.